The first-order valence-corrected chi connectivity index (χ1v) is 5.26. The Kier molecular flexibility index (Phi) is 2.06. The normalized spacial score (nSPS) is 24.6. The van der Waals surface area contributed by atoms with Crippen molar-refractivity contribution in [3.05, 3.63) is 29.8 Å². The molecule has 0 amide bonds. The SMILES string of the molecule is CC1CC(C)(C)N(C)c2cc[c]cc21. The highest BCUT2D eigenvalue weighted by atomic mass is 15.2. The van der Waals surface area contributed by atoms with Gasteiger partial charge in [0.05, 0.1) is 0 Å². The predicted molar refractivity (Wildman–Crippen MR) is 60.8 cm³/mol. The van der Waals surface area contributed by atoms with Gasteiger partial charge in [0.1, 0.15) is 0 Å². The first-order chi connectivity index (χ1) is 6.52. The van der Waals surface area contributed by atoms with Gasteiger partial charge in [-0.2, -0.15) is 0 Å². The van der Waals surface area contributed by atoms with Gasteiger partial charge in [-0.25, -0.2) is 0 Å². The molecule has 1 heterocycles. The van der Waals surface area contributed by atoms with E-state index in [-0.39, 0.29) is 5.54 Å². The predicted octanol–water partition coefficient (Wildman–Crippen LogP) is 3.21. The van der Waals surface area contributed by atoms with E-state index >= 15 is 0 Å². The highest BCUT2D eigenvalue weighted by molar-refractivity contribution is 5.58. The molecule has 0 fully saturated rings. The molecule has 1 nitrogen and oxygen atoms in total. The maximum absolute atomic E-state index is 3.17. The molecule has 14 heavy (non-hydrogen) atoms. The number of nitrogens with zero attached hydrogens (tertiary/aromatic N) is 1. The minimum absolute atomic E-state index is 0.272. The van der Waals surface area contributed by atoms with Crippen molar-refractivity contribution < 1.29 is 0 Å². The zero-order valence-corrected chi connectivity index (χ0v) is 9.46. The van der Waals surface area contributed by atoms with Crippen LogP contribution in [0.3, 0.4) is 0 Å². The van der Waals surface area contributed by atoms with Crippen LogP contribution in [0.1, 0.15) is 38.7 Å². The second-order valence-corrected chi connectivity index (χ2v) is 4.96. The number of anilines is 1. The number of rotatable bonds is 0. The molecular weight excluding hydrogens is 170 g/mol. The summed E-state index contributed by atoms with van der Waals surface area (Å²) in [5, 5.41) is 0. The van der Waals surface area contributed by atoms with E-state index in [4.69, 9.17) is 0 Å². The maximum Gasteiger partial charge on any atom is 0.0403 e. The van der Waals surface area contributed by atoms with Crippen molar-refractivity contribution in [2.24, 2.45) is 0 Å². The number of hydrogen-bond acceptors (Lipinski definition) is 1. The van der Waals surface area contributed by atoms with Crippen molar-refractivity contribution in [3.63, 3.8) is 0 Å². The second kappa shape index (κ2) is 3.01. The molecule has 0 saturated heterocycles. The van der Waals surface area contributed by atoms with E-state index in [1.54, 1.807) is 0 Å². The highest BCUT2D eigenvalue weighted by Gasteiger charge is 2.33. The number of fused-ring (bicyclic) bond motifs is 1. The molecule has 75 valence electrons. The Labute approximate surface area is 86.7 Å². The number of hydrogen-bond donors (Lipinski definition) is 0. The fraction of sp³-hybridized carbons (Fsp3) is 0.538. The summed E-state index contributed by atoms with van der Waals surface area (Å²) in [7, 11) is 2.19. The van der Waals surface area contributed by atoms with Gasteiger partial charge in [0, 0.05) is 18.3 Å². The molecule has 1 unspecified atom stereocenters. The standard InChI is InChI=1S/C13H18N/c1-10-9-13(2,3)14(4)12-8-6-5-7-11(10)12/h6-8,10H,9H2,1-4H3. The fourth-order valence-corrected chi connectivity index (χ4v) is 2.46. The Bertz CT molecular complexity index is 341. The van der Waals surface area contributed by atoms with Crippen LogP contribution < -0.4 is 4.90 Å². The van der Waals surface area contributed by atoms with Gasteiger partial charge in [-0.1, -0.05) is 13.0 Å². The molecule has 0 spiro atoms. The highest BCUT2D eigenvalue weighted by Crippen LogP contribution is 2.41. The number of benzene rings is 1. The molecule has 1 aromatic rings. The van der Waals surface area contributed by atoms with Gasteiger partial charge in [-0.05, 0) is 49.9 Å². The van der Waals surface area contributed by atoms with E-state index in [1.807, 2.05) is 6.07 Å². The average Bonchev–Trinajstić information content (AvgIpc) is 2.14. The van der Waals surface area contributed by atoms with Crippen molar-refractivity contribution in [1.29, 1.82) is 0 Å². The lowest BCUT2D eigenvalue weighted by atomic mass is 9.80. The molecule has 1 aromatic carbocycles. The van der Waals surface area contributed by atoms with E-state index in [9.17, 15) is 0 Å². The fourth-order valence-electron chi connectivity index (χ4n) is 2.46. The zero-order chi connectivity index (χ0) is 10.3. The minimum atomic E-state index is 0.272. The van der Waals surface area contributed by atoms with Crippen molar-refractivity contribution in [3.8, 4) is 0 Å². The molecule has 1 aliphatic rings. The average molecular weight is 188 g/mol. The Morgan fingerprint density at radius 3 is 2.93 bits per heavy atom. The van der Waals surface area contributed by atoms with E-state index < -0.39 is 0 Å². The first-order valence-electron chi connectivity index (χ1n) is 5.26. The van der Waals surface area contributed by atoms with Gasteiger partial charge < -0.3 is 4.90 Å². The maximum atomic E-state index is 3.17. The van der Waals surface area contributed by atoms with Crippen LogP contribution in [0.2, 0.25) is 0 Å². The molecule has 1 aliphatic heterocycles. The van der Waals surface area contributed by atoms with Crippen LogP contribution in [-0.2, 0) is 0 Å². The lowest BCUT2D eigenvalue weighted by Gasteiger charge is -2.45. The van der Waals surface area contributed by atoms with E-state index in [2.05, 4.69) is 50.9 Å². The monoisotopic (exact) mass is 188 g/mol. The third-order valence-corrected chi connectivity index (χ3v) is 3.48. The molecule has 1 heteroatoms. The zero-order valence-electron chi connectivity index (χ0n) is 9.46. The summed E-state index contributed by atoms with van der Waals surface area (Å²) >= 11 is 0. The van der Waals surface area contributed by atoms with Crippen LogP contribution >= 0.6 is 0 Å². The third-order valence-electron chi connectivity index (χ3n) is 3.48. The molecule has 2 rings (SSSR count). The molecule has 0 aromatic heterocycles. The van der Waals surface area contributed by atoms with Crippen molar-refractivity contribution in [2.45, 2.75) is 38.6 Å². The topological polar surface area (TPSA) is 3.24 Å². The van der Waals surface area contributed by atoms with Gasteiger partial charge in [-0.15, -0.1) is 0 Å². The van der Waals surface area contributed by atoms with Gasteiger partial charge >= 0.3 is 0 Å². The summed E-state index contributed by atoms with van der Waals surface area (Å²) < 4.78 is 0. The summed E-state index contributed by atoms with van der Waals surface area (Å²) in [6.45, 7) is 6.92. The Balaban J connectivity index is 2.52. The molecule has 1 atom stereocenters. The summed E-state index contributed by atoms with van der Waals surface area (Å²) in [6, 6.07) is 9.48. The summed E-state index contributed by atoms with van der Waals surface area (Å²) in [6.07, 6.45) is 1.22. The molecule has 1 radical (unpaired) electrons. The van der Waals surface area contributed by atoms with Crippen LogP contribution in [0.4, 0.5) is 5.69 Å². The molecule has 0 saturated carbocycles. The molecule has 0 N–H and O–H groups in total. The summed E-state index contributed by atoms with van der Waals surface area (Å²) in [4.78, 5) is 2.39. The smallest absolute Gasteiger partial charge is 0.0403 e. The molecular formula is C13H18N. The van der Waals surface area contributed by atoms with Gasteiger partial charge in [0.2, 0.25) is 0 Å². The summed E-state index contributed by atoms with van der Waals surface area (Å²) in [5.74, 6) is 0.647. The van der Waals surface area contributed by atoms with Gasteiger partial charge in [0.25, 0.3) is 0 Å². The van der Waals surface area contributed by atoms with Crippen molar-refractivity contribution in [2.75, 3.05) is 11.9 Å². The van der Waals surface area contributed by atoms with Crippen molar-refractivity contribution in [1.82, 2.24) is 0 Å². The van der Waals surface area contributed by atoms with Crippen LogP contribution in [-0.4, -0.2) is 12.6 Å². The van der Waals surface area contributed by atoms with Crippen LogP contribution in [0.5, 0.6) is 0 Å². The largest absolute Gasteiger partial charge is 0.369 e. The minimum Gasteiger partial charge on any atom is -0.369 e. The third kappa shape index (κ3) is 1.31. The lowest BCUT2D eigenvalue weighted by Crippen LogP contribution is -2.45. The van der Waals surface area contributed by atoms with E-state index in [0.717, 1.165) is 0 Å². The van der Waals surface area contributed by atoms with Gasteiger partial charge in [0.15, 0.2) is 0 Å². The van der Waals surface area contributed by atoms with E-state index in [0.29, 0.717) is 5.92 Å². The van der Waals surface area contributed by atoms with Crippen LogP contribution in [0, 0.1) is 6.07 Å². The van der Waals surface area contributed by atoms with Gasteiger partial charge in [-0.3, -0.25) is 0 Å². The quantitative estimate of drug-likeness (QED) is 0.604. The second-order valence-electron chi connectivity index (χ2n) is 4.96. The van der Waals surface area contributed by atoms with E-state index in [1.165, 1.54) is 17.7 Å². The molecule has 0 aliphatic carbocycles. The molecule has 0 bridgehead atoms. The lowest BCUT2D eigenvalue weighted by molar-refractivity contribution is 0.395. The summed E-state index contributed by atoms with van der Waals surface area (Å²) in [5.41, 5.74) is 3.08. The van der Waals surface area contributed by atoms with Crippen LogP contribution in [0.25, 0.3) is 0 Å². The first kappa shape index (κ1) is 9.57. The van der Waals surface area contributed by atoms with Crippen molar-refractivity contribution >= 4 is 5.69 Å². The Hall–Kier alpha value is -0.980. The Morgan fingerprint density at radius 2 is 2.21 bits per heavy atom. The van der Waals surface area contributed by atoms with Crippen LogP contribution in [0.15, 0.2) is 18.2 Å². The Morgan fingerprint density at radius 1 is 1.50 bits per heavy atom.